The van der Waals surface area contributed by atoms with Crippen LogP contribution in [0.4, 0.5) is 5.69 Å². The molecule has 1 atom stereocenters. The number of hydrogen-bond acceptors (Lipinski definition) is 6. The molecule has 2 aliphatic rings. The first-order chi connectivity index (χ1) is 12.9. The van der Waals surface area contributed by atoms with Crippen LogP contribution in [0.3, 0.4) is 0 Å². The molecule has 1 N–H and O–H groups in total. The Hall–Kier alpha value is -2.42. The summed E-state index contributed by atoms with van der Waals surface area (Å²) < 4.78 is 29.0. The van der Waals surface area contributed by atoms with Crippen molar-refractivity contribution < 1.29 is 22.7 Å². The maximum atomic E-state index is 12.6. The number of benzene rings is 1. The Balaban J connectivity index is 1.75. The van der Waals surface area contributed by atoms with Gasteiger partial charge in [0.25, 0.3) is 5.91 Å². The van der Waals surface area contributed by atoms with Crippen LogP contribution in [-0.2, 0) is 19.4 Å². The van der Waals surface area contributed by atoms with E-state index < -0.39 is 21.8 Å². The number of nitrogens with one attached hydrogen (secondary N) is 1. The van der Waals surface area contributed by atoms with Gasteiger partial charge in [-0.05, 0) is 25.0 Å². The molecule has 1 aromatic rings. The number of para-hydroxylation sites is 2. The number of sulfone groups is 1. The molecule has 9 heteroatoms. The van der Waals surface area contributed by atoms with Crippen molar-refractivity contribution in [3.05, 3.63) is 24.3 Å². The molecule has 0 radical (unpaired) electrons. The molecular formula is C18H23N3O5S. The van der Waals surface area contributed by atoms with Crippen molar-refractivity contribution >= 4 is 33.1 Å². The Morgan fingerprint density at radius 3 is 2.81 bits per heavy atom. The minimum atomic E-state index is -3.15. The summed E-state index contributed by atoms with van der Waals surface area (Å²) in [6.07, 6.45) is 1.55. The van der Waals surface area contributed by atoms with E-state index in [1.807, 2.05) is 13.0 Å². The first kappa shape index (κ1) is 19.3. The number of hydrazone groups is 1. The number of amides is 2. The van der Waals surface area contributed by atoms with E-state index in [0.29, 0.717) is 24.5 Å². The summed E-state index contributed by atoms with van der Waals surface area (Å²) in [4.78, 5) is 24.8. The number of rotatable bonds is 6. The molecular weight excluding hydrogens is 370 g/mol. The van der Waals surface area contributed by atoms with E-state index in [0.717, 1.165) is 6.42 Å². The summed E-state index contributed by atoms with van der Waals surface area (Å²) in [5, 5.41) is 8.14. The summed E-state index contributed by atoms with van der Waals surface area (Å²) in [5.74, 6) is -0.161. The lowest BCUT2D eigenvalue weighted by Gasteiger charge is -2.27. The second-order valence-corrected chi connectivity index (χ2v) is 8.87. The fourth-order valence-corrected chi connectivity index (χ4v) is 4.78. The van der Waals surface area contributed by atoms with Crippen molar-refractivity contribution in [3.8, 4) is 5.75 Å². The maximum Gasteiger partial charge on any atom is 0.271 e. The van der Waals surface area contributed by atoms with Crippen molar-refractivity contribution in [2.45, 2.75) is 38.6 Å². The molecule has 8 nitrogen and oxygen atoms in total. The van der Waals surface area contributed by atoms with Crippen LogP contribution in [0.25, 0.3) is 0 Å². The van der Waals surface area contributed by atoms with Gasteiger partial charge in [0.05, 0.1) is 29.8 Å². The van der Waals surface area contributed by atoms with Gasteiger partial charge in [-0.2, -0.15) is 5.10 Å². The third-order valence-electron chi connectivity index (χ3n) is 4.47. The van der Waals surface area contributed by atoms with Crippen LogP contribution < -0.4 is 10.1 Å². The second-order valence-electron chi connectivity index (χ2n) is 6.64. The summed E-state index contributed by atoms with van der Waals surface area (Å²) in [6.45, 7) is 2.53. The highest BCUT2D eigenvalue weighted by Crippen LogP contribution is 2.25. The second kappa shape index (κ2) is 8.08. The molecule has 146 valence electrons. The molecule has 2 aliphatic heterocycles. The van der Waals surface area contributed by atoms with E-state index in [4.69, 9.17) is 4.74 Å². The average Bonchev–Trinajstić information content (AvgIpc) is 3.01. The van der Waals surface area contributed by atoms with Crippen LogP contribution in [0.1, 0.15) is 32.6 Å². The predicted molar refractivity (Wildman–Crippen MR) is 101 cm³/mol. The van der Waals surface area contributed by atoms with Gasteiger partial charge in [0.2, 0.25) is 5.91 Å². The smallest absolute Gasteiger partial charge is 0.271 e. The van der Waals surface area contributed by atoms with Crippen LogP contribution in [-0.4, -0.2) is 55.1 Å². The van der Waals surface area contributed by atoms with Gasteiger partial charge in [0, 0.05) is 12.8 Å². The van der Waals surface area contributed by atoms with E-state index in [-0.39, 0.29) is 36.0 Å². The average molecular weight is 393 g/mol. The van der Waals surface area contributed by atoms with Gasteiger partial charge in [-0.15, -0.1) is 0 Å². The summed E-state index contributed by atoms with van der Waals surface area (Å²) in [5.41, 5.74) is 0.745. The molecule has 2 heterocycles. The lowest BCUT2D eigenvalue weighted by molar-refractivity contribution is -0.133. The number of anilines is 1. The zero-order valence-corrected chi connectivity index (χ0v) is 16.0. The zero-order chi connectivity index (χ0) is 19.4. The zero-order valence-electron chi connectivity index (χ0n) is 15.2. The number of ether oxygens (including phenoxy) is 1. The van der Waals surface area contributed by atoms with Gasteiger partial charge in [0.1, 0.15) is 11.5 Å². The van der Waals surface area contributed by atoms with Gasteiger partial charge in [0.15, 0.2) is 9.84 Å². The monoisotopic (exact) mass is 393 g/mol. The third kappa shape index (κ3) is 4.65. The van der Waals surface area contributed by atoms with E-state index in [1.54, 1.807) is 18.2 Å². The van der Waals surface area contributed by atoms with Crippen LogP contribution >= 0.6 is 0 Å². The van der Waals surface area contributed by atoms with Gasteiger partial charge in [-0.1, -0.05) is 19.1 Å². The molecule has 0 saturated carbocycles. The van der Waals surface area contributed by atoms with E-state index in [2.05, 4.69) is 10.4 Å². The van der Waals surface area contributed by atoms with Gasteiger partial charge < -0.3 is 10.1 Å². The summed E-state index contributed by atoms with van der Waals surface area (Å²) in [6, 6.07) is 6.62. The number of hydrogen-bond donors (Lipinski definition) is 1. The maximum absolute atomic E-state index is 12.6. The van der Waals surface area contributed by atoms with Gasteiger partial charge in [-0.3, -0.25) is 9.59 Å². The quantitative estimate of drug-likeness (QED) is 0.790. The van der Waals surface area contributed by atoms with Crippen molar-refractivity contribution in [2.24, 2.45) is 5.10 Å². The van der Waals surface area contributed by atoms with E-state index >= 15 is 0 Å². The van der Waals surface area contributed by atoms with E-state index in [1.165, 1.54) is 5.01 Å². The highest BCUT2D eigenvalue weighted by atomic mass is 32.2. The minimum absolute atomic E-state index is 0.0423. The molecule has 1 fully saturated rings. The van der Waals surface area contributed by atoms with Crippen LogP contribution in [0, 0.1) is 0 Å². The molecule has 0 aliphatic carbocycles. The van der Waals surface area contributed by atoms with Crippen molar-refractivity contribution in [2.75, 3.05) is 23.4 Å². The Morgan fingerprint density at radius 1 is 1.33 bits per heavy atom. The fourth-order valence-electron chi connectivity index (χ4n) is 3.09. The normalized spacial score (nSPS) is 21.7. The van der Waals surface area contributed by atoms with Crippen molar-refractivity contribution in [1.82, 2.24) is 5.01 Å². The number of nitrogens with zero attached hydrogens (tertiary/aromatic N) is 2. The largest absolute Gasteiger partial charge is 0.491 e. The highest BCUT2D eigenvalue weighted by molar-refractivity contribution is 7.91. The fraction of sp³-hybridized carbons (Fsp3) is 0.500. The Kier molecular flexibility index (Phi) is 5.79. The predicted octanol–water partition coefficient (Wildman–Crippen LogP) is 1.58. The molecule has 3 rings (SSSR count). The highest BCUT2D eigenvalue weighted by Gasteiger charge is 2.37. The Morgan fingerprint density at radius 2 is 2.11 bits per heavy atom. The SMILES string of the molecule is CCCOc1ccccc1NC(=O)C1=NN([C@H]2CCS(=O)(=O)C2)C(=O)CC1. The molecule has 0 unspecified atom stereocenters. The topological polar surface area (TPSA) is 105 Å². The lowest BCUT2D eigenvalue weighted by Crippen LogP contribution is -2.42. The lowest BCUT2D eigenvalue weighted by atomic mass is 10.1. The van der Waals surface area contributed by atoms with Crippen molar-refractivity contribution in [3.63, 3.8) is 0 Å². The third-order valence-corrected chi connectivity index (χ3v) is 6.22. The first-order valence-corrected chi connectivity index (χ1v) is 10.8. The Bertz CT molecular complexity index is 866. The van der Waals surface area contributed by atoms with Crippen LogP contribution in [0.15, 0.2) is 29.4 Å². The summed E-state index contributed by atoms with van der Waals surface area (Å²) >= 11 is 0. The first-order valence-electron chi connectivity index (χ1n) is 9.03. The number of carbonyl (C=O) groups excluding carboxylic acids is 2. The van der Waals surface area contributed by atoms with Crippen LogP contribution in [0.2, 0.25) is 0 Å². The minimum Gasteiger partial charge on any atom is -0.491 e. The molecule has 27 heavy (non-hydrogen) atoms. The summed E-state index contributed by atoms with van der Waals surface area (Å²) in [7, 11) is -3.15. The molecule has 2 amide bonds. The molecule has 0 bridgehead atoms. The van der Waals surface area contributed by atoms with Gasteiger partial charge >= 0.3 is 0 Å². The molecule has 1 aromatic carbocycles. The standard InChI is InChI=1S/C18H23N3O5S/c1-2-10-26-16-6-4-3-5-14(16)19-18(23)15-7-8-17(22)21(20-15)13-9-11-27(24,25)12-13/h3-6,13H,2,7-12H2,1H3,(H,19,23)/t13-/m0/s1. The van der Waals surface area contributed by atoms with Gasteiger partial charge in [-0.25, -0.2) is 13.4 Å². The molecule has 1 saturated heterocycles. The molecule has 0 spiro atoms. The van der Waals surface area contributed by atoms with Crippen LogP contribution in [0.5, 0.6) is 5.75 Å². The number of carbonyl (C=O) groups is 2. The molecule has 0 aromatic heterocycles. The van der Waals surface area contributed by atoms with Crippen molar-refractivity contribution in [1.29, 1.82) is 0 Å². The van der Waals surface area contributed by atoms with E-state index in [9.17, 15) is 18.0 Å². The Labute approximate surface area is 158 Å².